The molecule has 6 atom stereocenters. The van der Waals surface area contributed by atoms with Crippen molar-refractivity contribution in [1.82, 2.24) is 36.8 Å². The number of rotatable bonds is 24. The molecule has 0 aromatic rings. The van der Waals surface area contributed by atoms with E-state index in [1.165, 1.54) is 4.90 Å². The summed E-state index contributed by atoms with van der Waals surface area (Å²) in [7, 11) is 0. The van der Waals surface area contributed by atoms with Gasteiger partial charge >= 0.3 is 17.9 Å². The molecule has 0 saturated carbocycles. The zero-order chi connectivity index (χ0) is 42.9. The van der Waals surface area contributed by atoms with Gasteiger partial charge in [0.25, 0.3) is 5.91 Å². The van der Waals surface area contributed by atoms with Crippen molar-refractivity contribution >= 4 is 65.0 Å². The number of carbonyl (C=O) groups excluding carboxylic acids is 8. The quantitative estimate of drug-likeness (QED) is 0.0479. The molecule has 21 heteroatoms. The molecular weight excluding hydrogens is 742 g/mol. The van der Waals surface area contributed by atoms with E-state index in [0.29, 0.717) is 12.8 Å². The Kier molecular flexibility index (Phi) is 20.2. The number of hydrogen-bond donors (Lipinski definition) is 9. The van der Waals surface area contributed by atoms with Crippen molar-refractivity contribution in [1.29, 1.82) is 0 Å². The van der Waals surface area contributed by atoms with Crippen LogP contribution in [0.2, 0.25) is 0 Å². The first kappa shape index (κ1) is 48.4. The molecule has 0 spiro atoms. The minimum Gasteiger partial charge on any atom is -0.481 e. The average molecular weight is 798 g/mol. The maximum Gasteiger partial charge on any atom is 0.322 e. The van der Waals surface area contributed by atoms with Crippen molar-refractivity contribution < 1.29 is 68.1 Å². The Balaban J connectivity index is 3.22. The van der Waals surface area contributed by atoms with Crippen molar-refractivity contribution in [2.24, 2.45) is 11.8 Å². The molecule has 21 nitrogen and oxygen atoms in total. The Bertz CT molecular complexity index is 1500. The van der Waals surface area contributed by atoms with Gasteiger partial charge in [0.05, 0.1) is 6.04 Å². The fraction of sp³-hybridized carbons (Fsp3) is 0.686. The summed E-state index contributed by atoms with van der Waals surface area (Å²) in [4.78, 5) is 139. The van der Waals surface area contributed by atoms with Crippen molar-refractivity contribution in [2.45, 2.75) is 129 Å². The van der Waals surface area contributed by atoms with E-state index in [0.717, 1.165) is 6.92 Å². The Morgan fingerprint density at radius 3 is 1.64 bits per heavy atom. The number of likely N-dealkylation sites (tertiary alicyclic amines) is 1. The molecule has 0 aromatic carbocycles. The molecule has 6 unspecified atom stereocenters. The van der Waals surface area contributed by atoms with E-state index in [4.69, 9.17) is 10.2 Å². The number of hydrogen-bond acceptors (Lipinski definition) is 11. The monoisotopic (exact) mass is 797 g/mol. The average Bonchev–Trinajstić information content (AvgIpc) is 3.60. The minimum absolute atomic E-state index is 0.0557. The lowest BCUT2D eigenvalue weighted by Gasteiger charge is -2.33. The maximum absolute atomic E-state index is 14.0. The highest BCUT2D eigenvalue weighted by atomic mass is 16.4. The van der Waals surface area contributed by atoms with E-state index in [9.17, 15) is 57.8 Å². The van der Waals surface area contributed by atoms with Crippen molar-refractivity contribution in [3.63, 3.8) is 0 Å². The highest BCUT2D eigenvalue weighted by Gasteiger charge is 2.41. The van der Waals surface area contributed by atoms with Gasteiger partial charge in [-0.15, -0.1) is 0 Å². The topological polar surface area (TPSA) is 324 Å². The summed E-state index contributed by atoms with van der Waals surface area (Å²) in [6, 6.07) is -7.83. The highest BCUT2D eigenvalue weighted by Crippen LogP contribution is 2.21. The third kappa shape index (κ3) is 16.0. The zero-order valence-corrected chi connectivity index (χ0v) is 32.5. The lowest BCUT2D eigenvalue weighted by molar-refractivity contribution is -0.145. The molecule has 1 heterocycles. The normalized spacial score (nSPS) is 16.4. The van der Waals surface area contributed by atoms with Crippen LogP contribution in [0, 0.1) is 11.8 Å². The molecule has 1 aliphatic rings. The van der Waals surface area contributed by atoms with Crippen LogP contribution < -0.4 is 31.9 Å². The lowest BCUT2D eigenvalue weighted by Crippen LogP contribution is -2.61. The summed E-state index contributed by atoms with van der Waals surface area (Å²) in [5.74, 6) is -12.1. The standard InChI is InChI=1S/C35H55N7O14/c1-7-9-20(29(50)34(55)36-16-26(48)49)38-32(53)23-10-8-15-42(23)35(56)28(18(4)5)41-33(54)27(17(2)3)40-31(52)22(12-14-25(46)47)39-30(51)21(37-19(6)43)11-13-24(44)45/h17-18,20-23,27-28H,7-16H2,1-6H3,(H,36,55)(H,37,43)(H,38,53)(H,39,51)(H,40,52)(H,41,54)(H,44,45)(H,46,47)(H,48,49). The van der Waals surface area contributed by atoms with Crippen LogP contribution in [0.4, 0.5) is 0 Å². The van der Waals surface area contributed by atoms with Crippen LogP contribution in [0.1, 0.15) is 92.9 Å². The number of nitrogens with zero attached hydrogens (tertiary/aromatic N) is 1. The van der Waals surface area contributed by atoms with Gasteiger partial charge in [0, 0.05) is 26.3 Å². The van der Waals surface area contributed by atoms with Gasteiger partial charge in [0.2, 0.25) is 41.2 Å². The fourth-order valence-electron chi connectivity index (χ4n) is 5.84. The van der Waals surface area contributed by atoms with Crippen LogP contribution in [0.5, 0.6) is 0 Å². The minimum atomic E-state index is -1.54. The first-order chi connectivity index (χ1) is 26.1. The Hall–Kier alpha value is -5.63. The van der Waals surface area contributed by atoms with E-state index >= 15 is 0 Å². The van der Waals surface area contributed by atoms with Gasteiger partial charge in [-0.05, 0) is 43.9 Å². The molecule has 1 rings (SSSR count). The number of carboxylic acid groups (broad SMARTS) is 3. The van der Waals surface area contributed by atoms with E-state index in [2.05, 4.69) is 26.6 Å². The maximum atomic E-state index is 14.0. The van der Waals surface area contributed by atoms with Gasteiger partial charge in [-0.1, -0.05) is 41.0 Å². The van der Waals surface area contributed by atoms with Gasteiger partial charge in [0.1, 0.15) is 36.8 Å². The molecule has 0 aromatic heterocycles. The number of carbonyl (C=O) groups is 11. The molecule has 1 fully saturated rings. The predicted octanol–water partition coefficient (Wildman–Crippen LogP) is -1.97. The van der Waals surface area contributed by atoms with E-state index in [1.807, 2.05) is 5.32 Å². The van der Waals surface area contributed by atoms with Crippen LogP contribution in [-0.2, 0) is 52.7 Å². The van der Waals surface area contributed by atoms with Gasteiger partial charge in [-0.2, -0.15) is 0 Å². The van der Waals surface area contributed by atoms with Crippen molar-refractivity contribution in [3.8, 4) is 0 Å². The van der Waals surface area contributed by atoms with Gasteiger partial charge in [0.15, 0.2) is 0 Å². The molecule has 0 radical (unpaired) electrons. The van der Waals surface area contributed by atoms with E-state index < -0.39 is 139 Å². The lowest BCUT2D eigenvalue weighted by atomic mass is 9.98. The second-order valence-corrected chi connectivity index (χ2v) is 14.1. The largest absolute Gasteiger partial charge is 0.481 e. The number of nitrogens with one attached hydrogen (secondary N) is 6. The molecule has 314 valence electrons. The molecule has 0 bridgehead atoms. The van der Waals surface area contributed by atoms with Gasteiger partial charge in [-0.25, -0.2) is 0 Å². The van der Waals surface area contributed by atoms with Gasteiger partial charge < -0.3 is 52.1 Å². The number of Topliss-reactive ketones (excluding diaryl/α,β-unsaturated/α-hetero) is 1. The molecule has 1 saturated heterocycles. The summed E-state index contributed by atoms with van der Waals surface area (Å²) in [6.07, 6.45) is -0.846. The fourth-order valence-corrected chi connectivity index (χ4v) is 5.84. The summed E-state index contributed by atoms with van der Waals surface area (Å²) in [5.41, 5.74) is 0. The molecule has 1 aliphatic heterocycles. The second kappa shape index (κ2) is 23.3. The summed E-state index contributed by atoms with van der Waals surface area (Å²) in [5, 5.41) is 41.4. The van der Waals surface area contributed by atoms with Crippen LogP contribution in [0.15, 0.2) is 0 Å². The van der Waals surface area contributed by atoms with Crippen LogP contribution in [-0.4, -0.2) is 135 Å². The number of carboxylic acids is 3. The van der Waals surface area contributed by atoms with Crippen molar-refractivity contribution in [2.75, 3.05) is 13.1 Å². The van der Waals surface area contributed by atoms with Crippen LogP contribution >= 0.6 is 0 Å². The number of ketones is 1. The Morgan fingerprint density at radius 1 is 0.643 bits per heavy atom. The Labute approximate surface area is 323 Å². The van der Waals surface area contributed by atoms with Crippen LogP contribution in [0.3, 0.4) is 0 Å². The number of amides is 7. The molecule has 7 amide bonds. The molecule has 0 aliphatic carbocycles. The van der Waals surface area contributed by atoms with E-state index in [1.54, 1.807) is 34.6 Å². The first-order valence-corrected chi connectivity index (χ1v) is 18.4. The Morgan fingerprint density at radius 2 is 1.16 bits per heavy atom. The summed E-state index contributed by atoms with van der Waals surface area (Å²) >= 11 is 0. The van der Waals surface area contributed by atoms with Crippen molar-refractivity contribution in [3.05, 3.63) is 0 Å². The summed E-state index contributed by atoms with van der Waals surface area (Å²) < 4.78 is 0. The van der Waals surface area contributed by atoms with Crippen LogP contribution in [0.25, 0.3) is 0 Å². The third-order valence-electron chi connectivity index (χ3n) is 8.77. The second-order valence-electron chi connectivity index (χ2n) is 14.1. The third-order valence-corrected chi connectivity index (χ3v) is 8.77. The smallest absolute Gasteiger partial charge is 0.322 e. The number of aliphatic carboxylic acids is 3. The summed E-state index contributed by atoms with van der Waals surface area (Å²) in [6.45, 7) is 8.54. The van der Waals surface area contributed by atoms with Gasteiger partial charge in [-0.3, -0.25) is 52.7 Å². The molecule has 9 N–H and O–H groups in total. The predicted molar refractivity (Wildman–Crippen MR) is 194 cm³/mol. The SMILES string of the molecule is CCCC(NC(=O)C1CCCN1C(=O)C(NC(=O)C(NC(=O)C(CCC(=O)O)NC(=O)C(CCC(=O)O)NC(C)=O)C(C)C)C(C)C)C(=O)C(=O)NCC(=O)O. The molecular formula is C35H55N7O14. The first-order valence-electron chi connectivity index (χ1n) is 18.4. The zero-order valence-electron chi connectivity index (χ0n) is 32.5. The molecule has 56 heavy (non-hydrogen) atoms. The highest BCUT2D eigenvalue weighted by molar-refractivity contribution is 6.38. The van der Waals surface area contributed by atoms with E-state index in [-0.39, 0.29) is 25.8 Å².